The standard InChI is InChI=1S/C22H14F4N2O4S/c23-18-10-16(5-6-17(18)22(24,25)26)33(30,31)15-3-1-13(2-4-15)11-28-21(29)19-9-14-7-8-27-12-20(14)32-19/h1-10,12H,11H2,(H,28,29). The largest absolute Gasteiger partial charge is 0.449 e. The maximum absolute atomic E-state index is 13.8. The first-order valence-corrected chi connectivity index (χ1v) is 10.9. The summed E-state index contributed by atoms with van der Waals surface area (Å²) in [5, 5.41) is 3.35. The SMILES string of the molecule is O=C(NCc1ccc(S(=O)(=O)c2ccc(C(F)(F)F)c(F)c2)cc1)c1cc2ccncc2o1. The second-order valence-corrected chi connectivity index (χ2v) is 8.94. The Morgan fingerprint density at radius 1 is 1.00 bits per heavy atom. The third kappa shape index (κ3) is 4.58. The molecule has 0 saturated heterocycles. The minimum absolute atomic E-state index is 0.0589. The molecule has 1 N–H and O–H groups in total. The van der Waals surface area contributed by atoms with Crippen LogP contribution in [0.1, 0.15) is 21.7 Å². The van der Waals surface area contributed by atoms with Crippen LogP contribution in [-0.2, 0) is 22.6 Å². The maximum atomic E-state index is 13.8. The van der Waals surface area contributed by atoms with Crippen molar-refractivity contribution in [2.24, 2.45) is 0 Å². The van der Waals surface area contributed by atoms with Crippen LogP contribution in [0.3, 0.4) is 0 Å². The van der Waals surface area contributed by atoms with Crippen molar-refractivity contribution >= 4 is 26.7 Å². The highest BCUT2D eigenvalue weighted by molar-refractivity contribution is 7.91. The summed E-state index contributed by atoms with van der Waals surface area (Å²) in [6.07, 6.45) is -1.89. The van der Waals surface area contributed by atoms with Crippen molar-refractivity contribution in [1.82, 2.24) is 10.3 Å². The summed E-state index contributed by atoms with van der Waals surface area (Å²) in [6, 6.07) is 9.99. The molecule has 0 aliphatic carbocycles. The number of halogens is 4. The van der Waals surface area contributed by atoms with Gasteiger partial charge in [0.15, 0.2) is 11.3 Å². The Kier molecular flexibility index (Phi) is 5.66. The minimum Gasteiger partial charge on any atom is -0.449 e. The average molecular weight is 478 g/mol. The van der Waals surface area contributed by atoms with Crippen LogP contribution in [0.25, 0.3) is 11.0 Å². The lowest BCUT2D eigenvalue weighted by Crippen LogP contribution is -2.22. The number of nitrogens with zero attached hydrogens (tertiary/aromatic N) is 1. The molecule has 0 spiro atoms. The topological polar surface area (TPSA) is 89.3 Å². The van der Waals surface area contributed by atoms with E-state index in [1.165, 1.54) is 30.5 Å². The van der Waals surface area contributed by atoms with Gasteiger partial charge in [-0.15, -0.1) is 0 Å². The molecule has 170 valence electrons. The molecule has 0 unspecified atom stereocenters. The van der Waals surface area contributed by atoms with E-state index in [9.17, 15) is 30.8 Å². The van der Waals surface area contributed by atoms with Crippen LogP contribution in [0.15, 0.2) is 81.2 Å². The van der Waals surface area contributed by atoms with E-state index in [4.69, 9.17) is 4.42 Å². The summed E-state index contributed by atoms with van der Waals surface area (Å²) in [7, 11) is -4.25. The zero-order chi connectivity index (χ0) is 23.8. The fourth-order valence-electron chi connectivity index (χ4n) is 3.08. The van der Waals surface area contributed by atoms with Crippen LogP contribution in [0.4, 0.5) is 17.6 Å². The Hall–Kier alpha value is -3.73. The summed E-state index contributed by atoms with van der Waals surface area (Å²) in [5.41, 5.74) is -0.538. The van der Waals surface area contributed by atoms with Gasteiger partial charge in [-0.1, -0.05) is 12.1 Å². The summed E-state index contributed by atoms with van der Waals surface area (Å²) in [6.45, 7) is 0.0589. The van der Waals surface area contributed by atoms with Gasteiger partial charge in [0, 0.05) is 18.1 Å². The third-order valence-electron chi connectivity index (χ3n) is 4.79. The Bertz CT molecular complexity index is 1410. The van der Waals surface area contributed by atoms with E-state index in [-0.39, 0.29) is 17.2 Å². The predicted octanol–water partition coefficient (Wildman–Crippen LogP) is 4.75. The number of rotatable bonds is 5. The lowest BCUT2D eigenvalue weighted by atomic mass is 10.2. The first-order valence-electron chi connectivity index (χ1n) is 9.38. The van der Waals surface area contributed by atoms with Gasteiger partial charge in [0.2, 0.25) is 9.84 Å². The Labute approximate surface area is 184 Å². The Morgan fingerprint density at radius 3 is 2.33 bits per heavy atom. The zero-order valence-corrected chi connectivity index (χ0v) is 17.4. The Balaban J connectivity index is 1.47. The van der Waals surface area contributed by atoms with Crippen LogP contribution in [0.5, 0.6) is 0 Å². The lowest BCUT2D eigenvalue weighted by molar-refractivity contribution is -0.140. The van der Waals surface area contributed by atoms with Crippen LogP contribution >= 0.6 is 0 Å². The lowest BCUT2D eigenvalue weighted by Gasteiger charge is -2.10. The molecule has 4 rings (SSSR count). The predicted molar refractivity (Wildman–Crippen MR) is 108 cm³/mol. The van der Waals surface area contributed by atoms with Gasteiger partial charge in [0.1, 0.15) is 5.82 Å². The Morgan fingerprint density at radius 2 is 1.70 bits per heavy atom. The molecule has 0 bridgehead atoms. The summed E-state index contributed by atoms with van der Waals surface area (Å²) < 4.78 is 82.7. The van der Waals surface area contributed by atoms with Crippen molar-refractivity contribution in [3.8, 4) is 0 Å². The molecule has 0 atom stereocenters. The number of nitrogens with one attached hydrogen (secondary N) is 1. The first-order chi connectivity index (χ1) is 15.6. The van der Waals surface area contributed by atoms with E-state index in [0.29, 0.717) is 34.7 Å². The zero-order valence-electron chi connectivity index (χ0n) is 16.6. The van der Waals surface area contributed by atoms with Crippen molar-refractivity contribution in [1.29, 1.82) is 0 Å². The molecule has 11 heteroatoms. The summed E-state index contributed by atoms with van der Waals surface area (Å²) in [5.74, 6) is -2.08. The van der Waals surface area contributed by atoms with Crippen molar-refractivity contribution in [2.75, 3.05) is 0 Å². The summed E-state index contributed by atoms with van der Waals surface area (Å²) in [4.78, 5) is 15.4. The van der Waals surface area contributed by atoms with Crippen molar-refractivity contribution in [2.45, 2.75) is 22.5 Å². The van der Waals surface area contributed by atoms with E-state index in [2.05, 4.69) is 10.3 Å². The highest BCUT2D eigenvalue weighted by Crippen LogP contribution is 2.33. The number of hydrogen-bond acceptors (Lipinski definition) is 5. The molecule has 2 aromatic heterocycles. The molecule has 0 fully saturated rings. The van der Waals surface area contributed by atoms with Gasteiger partial charge in [0.05, 0.1) is 21.6 Å². The van der Waals surface area contributed by atoms with Gasteiger partial charge in [-0.2, -0.15) is 13.2 Å². The molecule has 6 nitrogen and oxygen atoms in total. The number of carbonyl (C=O) groups excluding carboxylic acids is 1. The third-order valence-corrected chi connectivity index (χ3v) is 6.56. The van der Waals surface area contributed by atoms with Gasteiger partial charge in [-0.05, 0) is 48.0 Å². The van der Waals surface area contributed by atoms with Crippen LogP contribution < -0.4 is 5.32 Å². The van der Waals surface area contributed by atoms with E-state index < -0.39 is 38.2 Å². The monoisotopic (exact) mass is 478 g/mol. The molecular weight excluding hydrogens is 464 g/mol. The second kappa shape index (κ2) is 8.32. The van der Waals surface area contributed by atoms with Crippen molar-refractivity contribution in [3.63, 3.8) is 0 Å². The van der Waals surface area contributed by atoms with Crippen molar-refractivity contribution < 1.29 is 35.2 Å². The maximum Gasteiger partial charge on any atom is 0.419 e. The number of sulfone groups is 1. The molecule has 33 heavy (non-hydrogen) atoms. The van der Waals surface area contributed by atoms with Gasteiger partial charge in [-0.3, -0.25) is 9.78 Å². The van der Waals surface area contributed by atoms with E-state index in [1.54, 1.807) is 18.3 Å². The normalized spacial score (nSPS) is 12.1. The molecular formula is C22H14F4N2O4S. The van der Waals surface area contributed by atoms with E-state index >= 15 is 0 Å². The second-order valence-electron chi connectivity index (χ2n) is 6.99. The molecule has 0 aliphatic heterocycles. The van der Waals surface area contributed by atoms with E-state index in [0.717, 1.165) is 0 Å². The highest BCUT2D eigenvalue weighted by Gasteiger charge is 2.34. The fourth-order valence-corrected chi connectivity index (χ4v) is 4.35. The minimum atomic E-state index is -4.93. The highest BCUT2D eigenvalue weighted by atomic mass is 32.2. The number of pyridine rings is 1. The number of furan rings is 1. The fraction of sp³-hybridized carbons (Fsp3) is 0.0909. The van der Waals surface area contributed by atoms with Crippen LogP contribution in [-0.4, -0.2) is 19.3 Å². The van der Waals surface area contributed by atoms with Crippen molar-refractivity contribution in [3.05, 3.63) is 89.7 Å². The molecule has 4 aromatic rings. The molecule has 0 aliphatic rings. The van der Waals surface area contributed by atoms with Crippen LogP contribution in [0.2, 0.25) is 0 Å². The van der Waals surface area contributed by atoms with Gasteiger partial charge >= 0.3 is 6.18 Å². The van der Waals surface area contributed by atoms with Gasteiger partial charge in [0.25, 0.3) is 5.91 Å². The number of hydrogen-bond donors (Lipinski definition) is 1. The van der Waals surface area contributed by atoms with Crippen LogP contribution in [0, 0.1) is 5.82 Å². The number of carbonyl (C=O) groups is 1. The number of benzene rings is 2. The molecule has 0 saturated carbocycles. The van der Waals surface area contributed by atoms with E-state index in [1.807, 2.05) is 0 Å². The first kappa shape index (κ1) is 22.5. The van der Waals surface area contributed by atoms with Gasteiger partial charge < -0.3 is 9.73 Å². The number of amides is 1. The quantitative estimate of drug-likeness (QED) is 0.418. The van der Waals surface area contributed by atoms with Gasteiger partial charge in [-0.25, -0.2) is 12.8 Å². The molecule has 0 radical (unpaired) electrons. The number of aromatic nitrogens is 1. The summed E-state index contributed by atoms with van der Waals surface area (Å²) >= 11 is 0. The average Bonchev–Trinajstić information content (AvgIpc) is 3.21. The molecule has 2 heterocycles. The molecule has 1 amide bonds. The smallest absolute Gasteiger partial charge is 0.419 e. The number of fused-ring (bicyclic) bond motifs is 1. The molecule has 2 aromatic carbocycles. The number of alkyl halides is 3.